The second kappa shape index (κ2) is 7.97. The van der Waals surface area contributed by atoms with Crippen molar-refractivity contribution in [1.29, 1.82) is 0 Å². The Morgan fingerprint density at radius 2 is 1.94 bits per heavy atom. The summed E-state index contributed by atoms with van der Waals surface area (Å²) >= 11 is 1.53. The highest BCUT2D eigenvalue weighted by molar-refractivity contribution is 7.98. The number of Topliss-reactive ketones (excluding diaryl/α,β-unsaturated/α-hetero) is 1. The van der Waals surface area contributed by atoms with Crippen LogP contribution < -0.4 is 10.9 Å². The van der Waals surface area contributed by atoms with Crippen molar-refractivity contribution in [2.75, 3.05) is 5.32 Å². The van der Waals surface area contributed by atoms with Crippen LogP contribution in [-0.2, 0) is 10.5 Å². The summed E-state index contributed by atoms with van der Waals surface area (Å²) in [6.45, 7) is 12.6. The average Bonchev–Trinajstić information content (AvgIpc) is 2.64. The number of hydrogen-bond donors (Lipinski definition) is 2. The standard InChI is InChI=1S/C25H31N3O2S/c1-13(2)19-20-17(10-25(5,6)11-18(20)29)26-22-21(19)23(30)28-24(27-22)31-12-16-8-7-14(3)9-15(16)4/h7-9,13,19H,10-12H2,1-6H3,(H2,26,27,28,30)/t19-/m0/s1. The van der Waals surface area contributed by atoms with Crippen molar-refractivity contribution in [2.45, 2.75) is 71.2 Å². The molecule has 0 bridgehead atoms. The van der Waals surface area contributed by atoms with E-state index in [1.165, 1.54) is 28.5 Å². The number of fused-ring (bicyclic) bond motifs is 1. The molecule has 0 amide bonds. The van der Waals surface area contributed by atoms with Gasteiger partial charge in [0.15, 0.2) is 10.9 Å². The number of anilines is 1. The zero-order valence-corrected chi connectivity index (χ0v) is 20.0. The molecule has 0 saturated carbocycles. The number of carbonyl (C=O) groups is 1. The number of aryl methyl sites for hydroxylation is 2. The molecule has 0 saturated heterocycles. The first-order valence-corrected chi connectivity index (χ1v) is 11.9. The first-order valence-electron chi connectivity index (χ1n) is 10.9. The topological polar surface area (TPSA) is 74.8 Å². The van der Waals surface area contributed by atoms with Crippen molar-refractivity contribution in [3.63, 3.8) is 0 Å². The Kier molecular flexibility index (Phi) is 5.63. The maximum Gasteiger partial charge on any atom is 0.257 e. The summed E-state index contributed by atoms with van der Waals surface area (Å²) < 4.78 is 0. The quantitative estimate of drug-likeness (QED) is 0.489. The van der Waals surface area contributed by atoms with E-state index < -0.39 is 0 Å². The molecular weight excluding hydrogens is 406 g/mol. The van der Waals surface area contributed by atoms with Crippen molar-refractivity contribution in [1.82, 2.24) is 9.97 Å². The fourth-order valence-electron chi connectivity index (χ4n) is 4.83. The first kappa shape index (κ1) is 21.9. The number of carbonyl (C=O) groups excluding carboxylic acids is 1. The molecule has 1 atom stereocenters. The van der Waals surface area contributed by atoms with E-state index in [0.717, 1.165) is 23.4 Å². The second-order valence-corrected chi connectivity index (χ2v) is 11.0. The normalized spacial score (nSPS) is 19.8. The van der Waals surface area contributed by atoms with Crippen LogP contribution in [0.1, 0.15) is 68.7 Å². The number of H-pyrrole nitrogens is 1. The fourth-order valence-corrected chi connectivity index (χ4v) is 5.77. The van der Waals surface area contributed by atoms with Crippen molar-refractivity contribution in [2.24, 2.45) is 11.3 Å². The lowest BCUT2D eigenvalue weighted by atomic mass is 9.68. The molecule has 2 aromatic rings. The average molecular weight is 438 g/mol. The van der Waals surface area contributed by atoms with Crippen LogP contribution in [0.3, 0.4) is 0 Å². The molecule has 1 aliphatic heterocycles. The fraction of sp³-hybridized carbons (Fsp3) is 0.480. The van der Waals surface area contributed by atoms with Crippen LogP contribution in [0, 0.1) is 25.2 Å². The summed E-state index contributed by atoms with van der Waals surface area (Å²) in [5, 5.41) is 3.98. The third-order valence-electron chi connectivity index (χ3n) is 6.27. The number of aromatic amines is 1. The van der Waals surface area contributed by atoms with Gasteiger partial charge in [0.2, 0.25) is 0 Å². The smallest absolute Gasteiger partial charge is 0.257 e. The Morgan fingerprint density at radius 1 is 1.19 bits per heavy atom. The van der Waals surface area contributed by atoms with Gasteiger partial charge >= 0.3 is 0 Å². The molecule has 5 nitrogen and oxygen atoms in total. The van der Waals surface area contributed by atoms with E-state index in [9.17, 15) is 9.59 Å². The summed E-state index contributed by atoms with van der Waals surface area (Å²) in [7, 11) is 0. The Hall–Kier alpha value is -2.34. The van der Waals surface area contributed by atoms with Gasteiger partial charge in [0.05, 0.1) is 5.56 Å². The summed E-state index contributed by atoms with van der Waals surface area (Å²) in [6, 6.07) is 6.41. The largest absolute Gasteiger partial charge is 0.343 e. The number of benzene rings is 1. The third-order valence-corrected chi connectivity index (χ3v) is 7.20. The van der Waals surface area contributed by atoms with E-state index in [0.29, 0.717) is 23.0 Å². The molecule has 2 heterocycles. The Bertz CT molecular complexity index is 1140. The minimum absolute atomic E-state index is 0.0936. The lowest BCUT2D eigenvalue weighted by Gasteiger charge is -2.39. The Balaban J connectivity index is 1.69. The molecule has 0 spiro atoms. The molecule has 0 radical (unpaired) electrons. The number of ketones is 1. The van der Waals surface area contributed by atoms with Crippen LogP contribution in [0.15, 0.2) is 39.4 Å². The molecule has 164 valence electrons. The van der Waals surface area contributed by atoms with Gasteiger partial charge in [-0.3, -0.25) is 9.59 Å². The molecule has 6 heteroatoms. The van der Waals surface area contributed by atoms with Crippen LogP contribution in [0.5, 0.6) is 0 Å². The predicted molar refractivity (Wildman–Crippen MR) is 127 cm³/mol. The van der Waals surface area contributed by atoms with E-state index in [-0.39, 0.29) is 28.6 Å². The SMILES string of the molecule is Cc1ccc(CSc2nc3c(c(=O)[nH]2)[C@@H](C(C)C)C2=C(CC(C)(C)CC2=O)N3)c(C)c1. The van der Waals surface area contributed by atoms with Gasteiger partial charge < -0.3 is 10.3 Å². The Morgan fingerprint density at radius 3 is 2.61 bits per heavy atom. The van der Waals surface area contributed by atoms with Crippen molar-refractivity contribution < 1.29 is 4.79 Å². The molecule has 2 aliphatic rings. The minimum Gasteiger partial charge on any atom is -0.343 e. The van der Waals surface area contributed by atoms with Crippen molar-refractivity contribution >= 4 is 23.4 Å². The zero-order chi connectivity index (χ0) is 22.5. The van der Waals surface area contributed by atoms with Gasteiger partial charge in [-0.15, -0.1) is 0 Å². The van der Waals surface area contributed by atoms with E-state index in [2.05, 4.69) is 70.0 Å². The lowest BCUT2D eigenvalue weighted by Crippen LogP contribution is -2.38. The molecule has 31 heavy (non-hydrogen) atoms. The number of hydrogen-bond acceptors (Lipinski definition) is 5. The van der Waals surface area contributed by atoms with E-state index >= 15 is 0 Å². The number of rotatable bonds is 4. The highest BCUT2D eigenvalue weighted by Gasteiger charge is 2.42. The number of nitrogens with one attached hydrogen (secondary N) is 2. The van der Waals surface area contributed by atoms with Crippen LogP contribution in [0.2, 0.25) is 0 Å². The van der Waals surface area contributed by atoms with Gasteiger partial charge in [-0.05, 0) is 42.7 Å². The van der Waals surface area contributed by atoms with Crippen LogP contribution in [-0.4, -0.2) is 15.8 Å². The lowest BCUT2D eigenvalue weighted by molar-refractivity contribution is -0.118. The molecule has 0 fully saturated rings. The molecule has 4 rings (SSSR count). The number of nitrogens with zero attached hydrogens (tertiary/aromatic N) is 1. The van der Waals surface area contributed by atoms with Crippen LogP contribution in [0.4, 0.5) is 5.82 Å². The highest BCUT2D eigenvalue weighted by Crippen LogP contribution is 2.47. The summed E-state index contributed by atoms with van der Waals surface area (Å²) in [4.78, 5) is 33.9. The van der Waals surface area contributed by atoms with Crippen LogP contribution in [0.25, 0.3) is 0 Å². The van der Waals surface area contributed by atoms with Gasteiger partial charge in [0.1, 0.15) is 5.82 Å². The Labute approximate surface area is 188 Å². The predicted octanol–water partition coefficient (Wildman–Crippen LogP) is 5.49. The van der Waals surface area contributed by atoms with E-state index in [1.54, 1.807) is 0 Å². The first-order chi connectivity index (χ1) is 14.6. The summed E-state index contributed by atoms with van der Waals surface area (Å²) in [6.07, 6.45) is 1.30. The molecule has 2 N–H and O–H groups in total. The van der Waals surface area contributed by atoms with Gasteiger partial charge in [-0.25, -0.2) is 4.98 Å². The van der Waals surface area contributed by atoms with E-state index in [1.807, 2.05) is 0 Å². The molecule has 1 aromatic heterocycles. The summed E-state index contributed by atoms with van der Waals surface area (Å²) in [5.41, 5.74) is 5.78. The van der Waals surface area contributed by atoms with Gasteiger partial charge in [0.25, 0.3) is 5.56 Å². The van der Waals surface area contributed by atoms with Gasteiger partial charge in [-0.2, -0.15) is 0 Å². The van der Waals surface area contributed by atoms with Crippen molar-refractivity contribution in [3.05, 3.63) is 62.1 Å². The number of thioether (sulfide) groups is 1. The van der Waals surface area contributed by atoms with E-state index in [4.69, 9.17) is 4.98 Å². The summed E-state index contributed by atoms with van der Waals surface area (Å²) in [5.74, 6) is 1.41. The molecule has 1 aromatic carbocycles. The van der Waals surface area contributed by atoms with Gasteiger partial charge in [-0.1, -0.05) is 63.2 Å². The minimum atomic E-state index is -0.218. The third kappa shape index (κ3) is 4.22. The maximum absolute atomic E-state index is 13.1. The monoisotopic (exact) mass is 437 g/mol. The second-order valence-electron chi connectivity index (χ2n) is 10.0. The van der Waals surface area contributed by atoms with Crippen LogP contribution >= 0.6 is 11.8 Å². The zero-order valence-electron chi connectivity index (χ0n) is 19.2. The molecule has 1 aliphatic carbocycles. The number of aromatic nitrogens is 2. The van der Waals surface area contributed by atoms with Crippen molar-refractivity contribution in [3.8, 4) is 0 Å². The molecule has 0 unspecified atom stereocenters. The highest BCUT2D eigenvalue weighted by atomic mass is 32.2. The van der Waals surface area contributed by atoms with Gasteiger partial charge in [0, 0.05) is 29.4 Å². The maximum atomic E-state index is 13.1. The molecular formula is C25H31N3O2S. The number of allylic oxidation sites excluding steroid dienone is 2.